The van der Waals surface area contributed by atoms with Gasteiger partial charge in [0.2, 0.25) is 5.91 Å². The monoisotopic (exact) mass is 323 g/mol. The molecule has 24 heavy (non-hydrogen) atoms. The van der Waals surface area contributed by atoms with Crippen molar-refractivity contribution < 1.29 is 4.79 Å². The molecule has 2 heterocycles. The van der Waals surface area contributed by atoms with Crippen LogP contribution < -0.4 is 5.32 Å². The molecule has 3 rings (SSSR count). The van der Waals surface area contributed by atoms with E-state index in [0.29, 0.717) is 5.78 Å². The van der Waals surface area contributed by atoms with Crippen molar-refractivity contribution in [1.82, 2.24) is 19.6 Å². The maximum atomic E-state index is 12.3. The zero-order valence-corrected chi connectivity index (χ0v) is 14.2. The summed E-state index contributed by atoms with van der Waals surface area (Å²) in [7, 11) is 0. The second-order valence-corrected chi connectivity index (χ2v) is 5.84. The molecule has 0 fully saturated rings. The van der Waals surface area contributed by atoms with E-state index in [0.717, 1.165) is 41.3 Å². The average Bonchev–Trinajstić information content (AvgIpc) is 2.95. The minimum atomic E-state index is -0.0672. The number of aryl methyl sites for hydroxylation is 3. The van der Waals surface area contributed by atoms with E-state index in [1.165, 1.54) is 0 Å². The van der Waals surface area contributed by atoms with E-state index in [4.69, 9.17) is 0 Å². The number of rotatable bonds is 5. The Morgan fingerprint density at radius 1 is 1.17 bits per heavy atom. The van der Waals surface area contributed by atoms with Crippen molar-refractivity contribution in [1.29, 1.82) is 0 Å². The first-order valence-electron chi connectivity index (χ1n) is 8.15. The predicted molar refractivity (Wildman–Crippen MR) is 93.0 cm³/mol. The minimum Gasteiger partial charge on any atom is -0.326 e. The van der Waals surface area contributed by atoms with Crippen LogP contribution in [0.15, 0.2) is 30.3 Å². The molecular formula is C18H21N5O. The van der Waals surface area contributed by atoms with E-state index in [1.807, 2.05) is 44.2 Å². The van der Waals surface area contributed by atoms with Crippen LogP contribution in [0.5, 0.6) is 0 Å². The Kier molecular flexibility index (Phi) is 4.55. The Hall–Kier alpha value is -2.76. The van der Waals surface area contributed by atoms with Crippen LogP contribution in [0.3, 0.4) is 0 Å². The number of nitrogens with zero attached hydrogens (tertiary/aromatic N) is 4. The van der Waals surface area contributed by atoms with Gasteiger partial charge in [0, 0.05) is 29.1 Å². The number of carbonyl (C=O) groups excluding carboxylic acids is 1. The molecule has 124 valence electrons. The molecule has 1 N–H and O–H groups in total. The molecule has 2 aromatic heterocycles. The summed E-state index contributed by atoms with van der Waals surface area (Å²) in [6.07, 6.45) is 2.07. The molecule has 0 saturated carbocycles. The summed E-state index contributed by atoms with van der Waals surface area (Å²) in [5.41, 5.74) is 3.41. The lowest BCUT2D eigenvalue weighted by Crippen LogP contribution is -2.17. The van der Waals surface area contributed by atoms with Gasteiger partial charge >= 0.3 is 0 Å². The van der Waals surface area contributed by atoms with Crippen LogP contribution in [-0.4, -0.2) is 25.5 Å². The van der Waals surface area contributed by atoms with E-state index in [2.05, 4.69) is 27.3 Å². The van der Waals surface area contributed by atoms with Crippen LogP contribution in [0.1, 0.15) is 36.1 Å². The second-order valence-electron chi connectivity index (χ2n) is 5.84. The predicted octanol–water partition coefficient (Wildman–Crippen LogP) is 2.87. The normalized spacial score (nSPS) is 11.0. The second kappa shape index (κ2) is 6.78. The summed E-state index contributed by atoms with van der Waals surface area (Å²) in [6.45, 7) is 5.96. The molecule has 0 spiro atoms. The Labute approximate surface area is 141 Å². The van der Waals surface area contributed by atoms with Crippen molar-refractivity contribution in [3.05, 3.63) is 53.1 Å². The molecule has 0 bridgehead atoms. The lowest BCUT2D eigenvalue weighted by Gasteiger charge is -2.10. The number of nitrogens with one attached hydrogen (secondary N) is 1. The first kappa shape index (κ1) is 16.1. The lowest BCUT2D eigenvalue weighted by molar-refractivity contribution is -0.115. The molecule has 0 aliphatic rings. The van der Waals surface area contributed by atoms with Gasteiger partial charge in [0.25, 0.3) is 5.78 Å². The van der Waals surface area contributed by atoms with Gasteiger partial charge in [-0.25, -0.2) is 9.50 Å². The Morgan fingerprint density at radius 2 is 1.92 bits per heavy atom. The van der Waals surface area contributed by atoms with Crippen molar-refractivity contribution >= 4 is 17.4 Å². The molecule has 0 aliphatic carbocycles. The van der Waals surface area contributed by atoms with Crippen LogP contribution in [0.4, 0.5) is 5.69 Å². The molecule has 0 aliphatic heterocycles. The number of carbonyl (C=O) groups is 1. The van der Waals surface area contributed by atoms with Crippen LogP contribution in [-0.2, 0) is 17.6 Å². The highest BCUT2D eigenvalue weighted by Crippen LogP contribution is 2.16. The summed E-state index contributed by atoms with van der Waals surface area (Å²) in [5, 5.41) is 7.41. The molecule has 1 aromatic carbocycles. The Balaban J connectivity index is 1.87. The molecule has 0 atom stereocenters. The van der Waals surface area contributed by atoms with Crippen molar-refractivity contribution in [3.8, 4) is 0 Å². The van der Waals surface area contributed by atoms with Gasteiger partial charge in [-0.2, -0.15) is 4.98 Å². The molecule has 0 saturated heterocycles. The van der Waals surface area contributed by atoms with Crippen LogP contribution >= 0.6 is 0 Å². The van der Waals surface area contributed by atoms with Crippen molar-refractivity contribution in [2.45, 2.75) is 40.0 Å². The van der Waals surface area contributed by atoms with Crippen molar-refractivity contribution in [3.63, 3.8) is 0 Å². The maximum absolute atomic E-state index is 12.3. The standard InChI is InChI=1S/C18H21N5O/c1-4-8-16-21-18-19-12(2)15(13(3)23(18)22-16)11-17(24)20-14-9-6-5-7-10-14/h5-7,9-10H,4,8,11H2,1-3H3,(H,20,24). The third kappa shape index (κ3) is 3.27. The van der Waals surface area contributed by atoms with E-state index in [9.17, 15) is 4.79 Å². The largest absolute Gasteiger partial charge is 0.326 e. The van der Waals surface area contributed by atoms with Gasteiger partial charge < -0.3 is 5.32 Å². The topological polar surface area (TPSA) is 72.2 Å². The highest BCUT2D eigenvalue weighted by atomic mass is 16.1. The maximum Gasteiger partial charge on any atom is 0.252 e. The molecule has 1 amide bonds. The van der Waals surface area contributed by atoms with E-state index >= 15 is 0 Å². The van der Waals surface area contributed by atoms with Crippen LogP contribution in [0.25, 0.3) is 5.78 Å². The summed E-state index contributed by atoms with van der Waals surface area (Å²) in [6, 6.07) is 9.44. The third-order valence-corrected chi connectivity index (χ3v) is 3.96. The van der Waals surface area contributed by atoms with E-state index < -0.39 is 0 Å². The molecule has 6 heteroatoms. The zero-order chi connectivity index (χ0) is 17.1. The van der Waals surface area contributed by atoms with Gasteiger partial charge in [-0.05, 0) is 32.4 Å². The van der Waals surface area contributed by atoms with Crippen LogP contribution in [0, 0.1) is 13.8 Å². The molecular weight excluding hydrogens is 302 g/mol. The number of amides is 1. The first-order chi connectivity index (χ1) is 11.6. The fourth-order valence-corrected chi connectivity index (χ4v) is 2.72. The van der Waals surface area contributed by atoms with Gasteiger partial charge in [-0.3, -0.25) is 4.79 Å². The SMILES string of the molecule is CCCc1nc2nc(C)c(CC(=O)Nc3ccccc3)c(C)n2n1. The van der Waals surface area contributed by atoms with Crippen molar-refractivity contribution in [2.24, 2.45) is 0 Å². The van der Waals surface area contributed by atoms with Gasteiger partial charge in [-0.15, -0.1) is 5.10 Å². The number of anilines is 1. The zero-order valence-electron chi connectivity index (χ0n) is 14.2. The summed E-state index contributed by atoms with van der Waals surface area (Å²) < 4.78 is 1.74. The number of fused-ring (bicyclic) bond motifs is 1. The number of para-hydroxylation sites is 1. The number of aromatic nitrogens is 4. The minimum absolute atomic E-state index is 0.0672. The van der Waals surface area contributed by atoms with Gasteiger partial charge in [0.15, 0.2) is 5.82 Å². The molecule has 0 radical (unpaired) electrons. The van der Waals surface area contributed by atoms with E-state index in [-0.39, 0.29) is 12.3 Å². The highest BCUT2D eigenvalue weighted by molar-refractivity contribution is 5.92. The summed E-state index contributed by atoms with van der Waals surface area (Å²) in [5.74, 6) is 1.32. The van der Waals surface area contributed by atoms with Gasteiger partial charge in [-0.1, -0.05) is 25.1 Å². The average molecular weight is 323 g/mol. The molecule has 6 nitrogen and oxygen atoms in total. The van der Waals surface area contributed by atoms with Gasteiger partial charge in [0.05, 0.1) is 6.42 Å². The smallest absolute Gasteiger partial charge is 0.252 e. The Morgan fingerprint density at radius 3 is 2.62 bits per heavy atom. The van der Waals surface area contributed by atoms with Crippen LogP contribution in [0.2, 0.25) is 0 Å². The number of hydrogen-bond donors (Lipinski definition) is 1. The molecule has 3 aromatic rings. The fraction of sp³-hybridized carbons (Fsp3) is 0.333. The van der Waals surface area contributed by atoms with E-state index in [1.54, 1.807) is 4.52 Å². The number of benzene rings is 1. The summed E-state index contributed by atoms with van der Waals surface area (Å²) >= 11 is 0. The Bertz CT molecular complexity index is 870. The number of hydrogen-bond acceptors (Lipinski definition) is 4. The molecule has 0 unspecified atom stereocenters. The fourth-order valence-electron chi connectivity index (χ4n) is 2.72. The van der Waals surface area contributed by atoms with Crippen molar-refractivity contribution in [2.75, 3.05) is 5.32 Å². The third-order valence-electron chi connectivity index (χ3n) is 3.96. The first-order valence-corrected chi connectivity index (χ1v) is 8.15. The highest BCUT2D eigenvalue weighted by Gasteiger charge is 2.16. The quantitative estimate of drug-likeness (QED) is 0.783. The lowest BCUT2D eigenvalue weighted by atomic mass is 10.1. The van der Waals surface area contributed by atoms with Gasteiger partial charge in [0.1, 0.15) is 0 Å². The summed E-state index contributed by atoms with van der Waals surface area (Å²) in [4.78, 5) is 21.3.